The summed E-state index contributed by atoms with van der Waals surface area (Å²) in [5.41, 5.74) is 2.67. The summed E-state index contributed by atoms with van der Waals surface area (Å²) in [5.74, 6) is 0. The minimum absolute atomic E-state index is 0.303. The van der Waals surface area contributed by atoms with Crippen LogP contribution in [0.3, 0.4) is 0 Å². The molecule has 2 nitrogen and oxygen atoms in total. The molecule has 0 heterocycles. The van der Waals surface area contributed by atoms with Crippen molar-refractivity contribution in [3.8, 4) is 0 Å². The van der Waals surface area contributed by atoms with Gasteiger partial charge in [0.2, 0.25) is 0 Å². The average Bonchev–Trinajstić information content (AvgIpc) is 2.28. The third-order valence-corrected chi connectivity index (χ3v) is 4.04. The first kappa shape index (κ1) is 13.9. The lowest BCUT2D eigenvalue weighted by atomic mass is 10.0. The van der Waals surface area contributed by atoms with Gasteiger partial charge in [0, 0.05) is 10.7 Å². The average molecular weight is 333 g/mol. The van der Waals surface area contributed by atoms with Crippen LogP contribution in [0.4, 0.5) is 0 Å². The van der Waals surface area contributed by atoms with Crippen molar-refractivity contribution in [2.45, 2.75) is 26.3 Å². The Morgan fingerprint density at radius 3 is 2.81 bits per heavy atom. The van der Waals surface area contributed by atoms with E-state index in [0.717, 1.165) is 19.6 Å². The van der Waals surface area contributed by atoms with Gasteiger partial charge in [-0.25, -0.2) is 0 Å². The van der Waals surface area contributed by atoms with Crippen molar-refractivity contribution in [1.82, 2.24) is 5.32 Å². The molecule has 0 bridgehead atoms. The second-order valence-electron chi connectivity index (χ2n) is 3.94. The van der Waals surface area contributed by atoms with Crippen LogP contribution in [0.1, 0.15) is 30.5 Å². The maximum atomic E-state index is 5.28. The van der Waals surface area contributed by atoms with E-state index in [0.29, 0.717) is 6.04 Å². The van der Waals surface area contributed by atoms with Crippen LogP contribution in [0.25, 0.3) is 0 Å². The van der Waals surface area contributed by atoms with Gasteiger partial charge in [-0.2, -0.15) is 0 Å². The molecule has 3 heteroatoms. The molecule has 0 saturated heterocycles. The fourth-order valence-corrected chi connectivity index (χ4v) is 2.42. The van der Waals surface area contributed by atoms with E-state index < -0.39 is 0 Å². The van der Waals surface area contributed by atoms with E-state index in [1.165, 1.54) is 14.7 Å². The topological polar surface area (TPSA) is 21.3 Å². The quantitative estimate of drug-likeness (QED) is 0.807. The number of ether oxygens (including phenoxy) is 1. The van der Waals surface area contributed by atoms with Gasteiger partial charge in [-0.3, -0.25) is 0 Å². The van der Waals surface area contributed by atoms with E-state index in [9.17, 15) is 0 Å². The van der Waals surface area contributed by atoms with Crippen LogP contribution in [-0.4, -0.2) is 20.3 Å². The van der Waals surface area contributed by atoms with E-state index in [2.05, 4.69) is 60.0 Å². The smallest absolute Gasteiger partial charge is 0.0658 e. The van der Waals surface area contributed by atoms with Crippen molar-refractivity contribution in [2.24, 2.45) is 0 Å². The Morgan fingerprint density at radius 2 is 2.19 bits per heavy atom. The lowest BCUT2D eigenvalue weighted by Gasteiger charge is -2.20. The molecule has 0 aromatic heterocycles. The lowest BCUT2D eigenvalue weighted by Crippen LogP contribution is -2.26. The normalized spacial score (nSPS) is 12.8. The van der Waals surface area contributed by atoms with Crippen LogP contribution in [0.5, 0.6) is 0 Å². The minimum Gasteiger partial charge on any atom is -0.383 e. The number of halogens is 1. The van der Waals surface area contributed by atoms with Gasteiger partial charge in [0.05, 0.1) is 12.6 Å². The van der Waals surface area contributed by atoms with Crippen molar-refractivity contribution >= 4 is 22.6 Å². The molecule has 1 aromatic rings. The van der Waals surface area contributed by atoms with Crippen LogP contribution >= 0.6 is 22.6 Å². The first-order valence-corrected chi connectivity index (χ1v) is 6.75. The van der Waals surface area contributed by atoms with Gasteiger partial charge in [-0.15, -0.1) is 0 Å². The first-order valence-electron chi connectivity index (χ1n) is 5.68. The number of hydrogen-bond acceptors (Lipinski definition) is 2. The molecular weight excluding hydrogens is 313 g/mol. The summed E-state index contributed by atoms with van der Waals surface area (Å²) in [6.45, 7) is 6.07. The number of methoxy groups -OCH3 is 1. The fraction of sp³-hybridized carbons (Fsp3) is 0.538. The summed E-state index contributed by atoms with van der Waals surface area (Å²) in [4.78, 5) is 0. The fourth-order valence-electron chi connectivity index (χ4n) is 1.68. The SMILES string of the molecule is CCCNC(COC)c1cccc(C)c1I. The Kier molecular flexibility index (Phi) is 6.31. The molecule has 1 atom stereocenters. The highest BCUT2D eigenvalue weighted by molar-refractivity contribution is 14.1. The van der Waals surface area contributed by atoms with Gasteiger partial charge in [0.25, 0.3) is 0 Å². The van der Waals surface area contributed by atoms with Crippen molar-refractivity contribution in [2.75, 3.05) is 20.3 Å². The molecule has 0 aliphatic heterocycles. The van der Waals surface area contributed by atoms with Gasteiger partial charge in [0.1, 0.15) is 0 Å². The first-order chi connectivity index (χ1) is 7.70. The summed E-state index contributed by atoms with van der Waals surface area (Å²) in [5, 5.41) is 3.52. The van der Waals surface area contributed by atoms with E-state index in [-0.39, 0.29) is 0 Å². The number of nitrogens with one attached hydrogen (secondary N) is 1. The van der Waals surface area contributed by atoms with Crippen LogP contribution < -0.4 is 5.32 Å². The zero-order valence-electron chi connectivity index (χ0n) is 10.2. The molecule has 1 aromatic carbocycles. The summed E-state index contributed by atoms with van der Waals surface area (Å²) >= 11 is 2.42. The Morgan fingerprint density at radius 1 is 1.44 bits per heavy atom. The van der Waals surface area contributed by atoms with Crippen LogP contribution in [-0.2, 0) is 4.74 Å². The summed E-state index contributed by atoms with van der Waals surface area (Å²) in [6, 6.07) is 6.75. The predicted octanol–water partition coefficient (Wildman–Crippen LogP) is 3.29. The highest BCUT2D eigenvalue weighted by Gasteiger charge is 2.14. The third-order valence-electron chi connectivity index (χ3n) is 2.57. The number of hydrogen-bond donors (Lipinski definition) is 1. The Hall–Kier alpha value is -0.130. The molecule has 1 rings (SSSR count). The lowest BCUT2D eigenvalue weighted by molar-refractivity contribution is 0.166. The molecule has 90 valence electrons. The van der Waals surface area contributed by atoms with Gasteiger partial charge < -0.3 is 10.1 Å². The zero-order chi connectivity index (χ0) is 12.0. The molecule has 0 spiro atoms. The monoisotopic (exact) mass is 333 g/mol. The van der Waals surface area contributed by atoms with E-state index in [1.807, 2.05) is 0 Å². The third kappa shape index (κ3) is 3.71. The molecule has 0 saturated carbocycles. The summed E-state index contributed by atoms with van der Waals surface area (Å²) < 4.78 is 6.62. The van der Waals surface area contributed by atoms with Crippen LogP contribution in [0.2, 0.25) is 0 Å². The predicted molar refractivity (Wildman–Crippen MR) is 76.8 cm³/mol. The number of aryl methyl sites for hydroxylation is 1. The van der Waals surface area contributed by atoms with Crippen molar-refractivity contribution < 1.29 is 4.74 Å². The Balaban J connectivity index is 2.86. The van der Waals surface area contributed by atoms with E-state index in [1.54, 1.807) is 7.11 Å². The van der Waals surface area contributed by atoms with Crippen LogP contribution in [0.15, 0.2) is 18.2 Å². The van der Waals surface area contributed by atoms with Crippen molar-refractivity contribution in [3.63, 3.8) is 0 Å². The largest absolute Gasteiger partial charge is 0.383 e. The molecular formula is C13H20INO. The van der Waals surface area contributed by atoms with Crippen molar-refractivity contribution in [3.05, 3.63) is 32.9 Å². The van der Waals surface area contributed by atoms with Gasteiger partial charge in [-0.1, -0.05) is 25.1 Å². The highest BCUT2D eigenvalue weighted by Crippen LogP contribution is 2.23. The summed E-state index contributed by atoms with van der Waals surface area (Å²) in [6.07, 6.45) is 1.14. The highest BCUT2D eigenvalue weighted by atomic mass is 127. The van der Waals surface area contributed by atoms with Gasteiger partial charge in [-0.05, 0) is 53.6 Å². The number of benzene rings is 1. The zero-order valence-corrected chi connectivity index (χ0v) is 12.4. The molecule has 1 unspecified atom stereocenters. The second kappa shape index (κ2) is 7.25. The number of rotatable bonds is 6. The molecule has 0 aliphatic carbocycles. The van der Waals surface area contributed by atoms with E-state index in [4.69, 9.17) is 4.74 Å². The Labute approximate surface area is 112 Å². The molecule has 0 aliphatic rings. The molecule has 1 N–H and O–H groups in total. The second-order valence-corrected chi connectivity index (χ2v) is 5.02. The van der Waals surface area contributed by atoms with Gasteiger partial charge >= 0.3 is 0 Å². The molecule has 0 amide bonds. The maximum Gasteiger partial charge on any atom is 0.0658 e. The summed E-state index contributed by atoms with van der Waals surface area (Å²) in [7, 11) is 1.75. The van der Waals surface area contributed by atoms with Crippen LogP contribution in [0, 0.1) is 10.5 Å². The van der Waals surface area contributed by atoms with Crippen molar-refractivity contribution in [1.29, 1.82) is 0 Å². The van der Waals surface area contributed by atoms with Gasteiger partial charge in [0.15, 0.2) is 0 Å². The Bertz CT molecular complexity index is 328. The minimum atomic E-state index is 0.303. The maximum absolute atomic E-state index is 5.28. The standard InChI is InChI=1S/C13H20INO/c1-4-8-15-12(9-16-3)11-7-5-6-10(2)13(11)14/h5-7,12,15H,4,8-9H2,1-3H3. The molecule has 0 fully saturated rings. The van der Waals surface area contributed by atoms with E-state index >= 15 is 0 Å². The molecule has 16 heavy (non-hydrogen) atoms. The molecule has 0 radical (unpaired) electrons.